The third kappa shape index (κ3) is 2.72. The van der Waals surface area contributed by atoms with Gasteiger partial charge < -0.3 is 4.42 Å². The van der Waals surface area contributed by atoms with Gasteiger partial charge in [0.15, 0.2) is 0 Å². The molecule has 4 rings (SSSR count). The highest BCUT2D eigenvalue weighted by Gasteiger charge is 2.29. The average Bonchev–Trinajstić information content (AvgIpc) is 3.14. The van der Waals surface area contributed by atoms with Crippen LogP contribution in [0, 0.1) is 0 Å². The molecule has 110 valence electrons. The van der Waals surface area contributed by atoms with Gasteiger partial charge in [0.1, 0.15) is 11.5 Å². The first kappa shape index (κ1) is 13.0. The van der Waals surface area contributed by atoms with Crippen LogP contribution in [-0.2, 0) is 6.54 Å². The van der Waals surface area contributed by atoms with Crippen molar-refractivity contribution < 1.29 is 4.42 Å². The van der Waals surface area contributed by atoms with Gasteiger partial charge in [-0.3, -0.25) is 15.3 Å². The first-order valence-corrected chi connectivity index (χ1v) is 7.59. The molecule has 2 saturated heterocycles. The van der Waals surface area contributed by atoms with Crippen LogP contribution in [-0.4, -0.2) is 29.5 Å². The first-order valence-electron chi connectivity index (χ1n) is 7.59. The standard InChI is InChI=1S/C16H20N4O/c1-2-7-17-14(3-1)12-9-20(10-12)11-13-4-5-16(21-13)15-6-8-18-19-15/h1-5,7,12,15,18-19H,6,8-11H2. The Morgan fingerprint density at radius 3 is 2.95 bits per heavy atom. The molecule has 5 heteroatoms. The number of likely N-dealkylation sites (tertiary alicyclic amines) is 1. The van der Waals surface area contributed by atoms with E-state index in [4.69, 9.17) is 4.42 Å². The van der Waals surface area contributed by atoms with Gasteiger partial charge in [-0.05, 0) is 30.7 Å². The largest absolute Gasteiger partial charge is 0.463 e. The van der Waals surface area contributed by atoms with Crippen LogP contribution in [0.25, 0.3) is 0 Å². The quantitative estimate of drug-likeness (QED) is 0.897. The molecule has 1 unspecified atom stereocenters. The molecule has 0 spiro atoms. The molecule has 5 nitrogen and oxygen atoms in total. The Morgan fingerprint density at radius 1 is 1.24 bits per heavy atom. The third-order valence-electron chi connectivity index (χ3n) is 4.30. The van der Waals surface area contributed by atoms with E-state index in [1.165, 1.54) is 5.69 Å². The normalized spacial score (nSPS) is 23.3. The SMILES string of the molecule is c1ccc(C2CN(Cc3ccc(C4CCNN4)o3)C2)nc1. The molecule has 0 aromatic carbocycles. The predicted octanol–water partition coefficient (Wildman–Crippen LogP) is 1.81. The topological polar surface area (TPSA) is 53.3 Å². The summed E-state index contributed by atoms with van der Waals surface area (Å²) in [6.45, 7) is 4.02. The molecule has 2 fully saturated rings. The summed E-state index contributed by atoms with van der Waals surface area (Å²) < 4.78 is 5.96. The van der Waals surface area contributed by atoms with Crippen LogP contribution >= 0.6 is 0 Å². The lowest BCUT2D eigenvalue weighted by Crippen LogP contribution is -2.44. The fourth-order valence-corrected chi connectivity index (χ4v) is 3.09. The molecule has 2 aliphatic heterocycles. The zero-order valence-electron chi connectivity index (χ0n) is 12.0. The van der Waals surface area contributed by atoms with Crippen LogP contribution < -0.4 is 10.9 Å². The zero-order chi connectivity index (χ0) is 14.1. The summed E-state index contributed by atoms with van der Waals surface area (Å²) in [6.07, 6.45) is 2.96. The summed E-state index contributed by atoms with van der Waals surface area (Å²) in [5.74, 6) is 2.66. The van der Waals surface area contributed by atoms with Crippen molar-refractivity contribution in [3.8, 4) is 0 Å². The van der Waals surface area contributed by atoms with Gasteiger partial charge in [0.25, 0.3) is 0 Å². The smallest absolute Gasteiger partial charge is 0.122 e. The highest BCUT2D eigenvalue weighted by molar-refractivity contribution is 5.16. The molecule has 1 atom stereocenters. The molecule has 2 aromatic rings. The second-order valence-electron chi connectivity index (χ2n) is 5.86. The number of aromatic nitrogens is 1. The first-order chi connectivity index (χ1) is 10.4. The van der Waals surface area contributed by atoms with Gasteiger partial charge in [-0.1, -0.05) is 6.07 Å². The van der Waals surface area contributed by atoms with Gasteiger partial charge in [0, 0.05) is 37.4 Å². The second-order valence-corrected chi connectivity index (χ2v) is 5.86. The average molecular weight is 284 g/mol. The number of hydrazine groups is 1. The molecule has 2 aromatic heterocycles. The van der Waals surface area contributed by atoms with E-state index < -0.39 is 0 Å². The van der Waals surface area contributed by atoms with E-state index in [9.17, 15) is 0 Å². The Balaban J connectivity index is 1.32. The minimum absolute atomic E-state index is 0.316. The number of furan rings is 1. The van der Waals surface area contributed by atoms with E-state index in [1.54, 1.807) is 0 Å². The van der Waals surface area contributed by atoms with E-state index in [2.05, 4.69) is 45.0 Å². The summed E-state index contributed by atoms with van der Waals surface area (Å²) in [7, 11) is 0. The molecule has 0 aliphatic carbocycles. The highest BCUT2D eigenvalue weighted by Crippen LogP contribution is 2.28. The molecular formula is C16H20N4O. The van der Waals surface area contributed by atoms with Crippen LogP contribution in [0.1, 0.15) is 35.6 Å². The maximum atomic E-state index is 5.96. The monoisotopic (exact) mass is 284 g/mol. The van der Waals surface area contributed by atoms with Crippen LogP contribution in [0.3, 0.4) is 0 Å². The summed E-state index contributed by atoms with van der Waals surface area (Å²) in [4.78, 5) is 6.84. The maximum Gasteiger partial charge on any atom is 0.122 e. The number of hydrogen-bond donors (Lipinski definition) is 2. The Labute approximate surface area is 124 Å². The number of nitrogens with one attached hydrogen (secondary N) is 2. The lowest BCUT2D eigenvalue weighted by molar-refractivity contribution is 0.125. The molecule has 4 heterocycles. The highest BCUT2D eigenvalue weighted by atomic mass is 16.3. The number of pyridine rings is 1. The molecule has 0 saturated carbocycles. The van der Waals surface area contributed by atoms with Crippen molar-refractivity contribution in [3.63, 3.8) is 0 Å². The van der Waals surface area contributed by atoms with Crippen molar-refractivity contribution in [2.24, 2.45) is 0 Å². The van der Waals surface area contributed by atoms with Gasteiger partial charge >= 0.3 is 0 Å². The Kier molecular flexibility index (Phi) is 3.47. The maximum absolute atomic E-state index is 5.96. The Bertz CT molecular complexity index is 585. The summed E-state index contributed by atoms with van der Waals surface area (Å²) in [6, 6.07) is 10.7. The fourth-order valence-electron chi connectivity index (χ4n) is 3.09. The number of rotatable bonds is 4. The molecule has 0 amide bonds. The molecule has 0 radical (unpaired) electrons. The lowest BCUT2D eigenvalue weighted by Gasteiger charge is -2.38. The van der Waals surface area contributed by atoms with E-state index >= 15 is 0 Å². The molecule has 2 aliphatic rings. The molecular weight excluding hydrogens is 264 g/mol. The van der Waals surface area contributed by atoms with Crippen LogP contribution in [0.5, 0.6) is 0 Å². The number of hydrogen-bond acceptors (Lipinski definition) is 5. The fraction of sp³-hybridized carbons (Fsp3) is 0.438. The van der Waals surface area contributed by atoms with Gasteiger partial charge in [-0.2, -0.15) is 0 Å². The van der Waals surface area contributed by atoms with Crippen molar-refractivity contribution in [2.75, 3.05) is 19.6 Å². The Morgan fingerprint density at radius 2 is 2.19 bits per heavy atom. The predicted molar refractivity (Wildman–Crippen MR) is 79.5 cm³/mol. The van der Waals surface area contributed by atoms with E-state index in [0.717, 1.165) is 44.1 Å². The summed E-state index contributed by atoms with van der Waals surface area (Å²) >= 11 is 0. The van der Waals surface area contributed by atoms with E-state index in [0.29, 0.717) is 12.0 Å². The minimum atomic E-state index is 0.316. The molecule has 2 N–H and O–H groups in total. The minimum Gasteiger partial charge on any atom is -0.463 e. The van der Waals surface area contributed by atoms with Crippen LogP contribution in [0.2, 0.25) is 0 Å². The van der Waals surface area contributed by atoms with Crippen molar-refractivity contribution in [3.05, 3.63) is 53.7 Å². The van der Waals surface area contributed by atoms with Gasteiger partial charge in [0.05, 0.1) is 12.6 Å². The van der Waals surface area contributed by atoms with Crippen LogP contribution in [0.15, 0.2) is 40.9 Å². The van der Waals surface area contributed by atoms with Gasteiger partial charge in [-0.25, -0.2) is 5.43 Å². The van der Waals surface area contributed by atoms with E-state index in [-0.39, 0.29) is 0 Å². The lowest BCUT2D eigenvalue weighted by atomic mass is 9.96. The molecule has 21 heavy (non-hydrogen) atoms. The van der Waals surface area contributed by atoms with Crippen molar-refractivity contribution in [1.82, 2.24) is 20.7 Å². The molecule has 0 bridgehead atoms. The second kappa shape index (κ2) is 5.60. The zero-order valence-corrected chi connectivity index (χ0v) is 12.0. The van der Waals surface area contributed by atoms with Crippen molar-refractivity contribution >= 4 is 0 Å². The summed E-state index contributed by atoms with van der Waals surface area (Å²) in [5, 5.41) is 0. The van der Waals surface area contributed by atoms with Gasteiger partial charge in [-0.15, -0.1) is 0 Å². The number of nitrogens with zero attached hydrogens (tertiary/aromatic N) is 2. The van der Waals surface area contributed by atoms with Crippen molar-refractivity contribution in [2.45, 2.75) is 24.9 Å². The van der Waals surface area contributed by atoms with Crippen molar-refractivity contribution in [1.29, 1.82) is 0 Å². The third-order valence-corrected chi connectivity index (χ3v) is 4.30. The summed E-state index contributed by atoms with van der Waals surface area (Å²) in [5.41, 5.74) is 7.57. The van der Waals surface area contributed by atoms with E-state index in [1.807, 2.05) is 12.3 Å². The van der Waals surface area contributed by atoms with Gasteiger partial charge in [0.2, 0.25) is 0 Å². The Hall–Kier alpha value is -1.69. The van der Waals surface area contributed by atoms with Crippen LogP contribution in [0.4, 0.5) is 0 Å².